The lowest BCUT2D eigenvalue weighted by Gasteiger charge is -2.36. The van der Waals surface area contributed by atoms with Crippen molar-refractivity contribution in [3.63, 3.8) is 0 Å². The molecule has 1 N–H and O–H groups in total. The van der Waals surface area contributed by atoms with E-state index >= 15 is 0 Å². The minimum Gasteiger partial charge on any atom is -0.476 e. The number of carbonyl (C=O) groups excluding carboxylic acids is 1. The van der Waals surface area contributed by atoms with Crippen LogP contribution in [0.1, 0.15) is 35.6 Å². The predicted molar refractivity (Wildman–Crippen MR) is 128 cm³/mol. The number of fused-ring (bicyclic) bond motifs is 2. The van der Waals surface area contributed by atoms with Gasteiger partial charge in [0.25, 0.3) is 5.91 Å². The van der Waals surface area contributed by atoms with E-state index in [2.05, 4.69) is 11.4 Å². The first kappa shape index (κ1) is 21.5. The average Bonchev–Trinajstić information content (AvgIpc) is 2.84. The van der Waals surface area contributed by atoms with Crippen molar-refractivity contribution in [3.05, 3.63) is 95.6 Å². The number of amides is 1. The van der Waals surface area contributed by atoms with Crippen molar-refractivity contribution in [1.82, 2.24) is 5.32 Å². The molecule has 5 rings (SSSR count). The number of nitrogens with zero attached hydrogens (tertiary/aromatic N) is 1. The smallest absolute Gasteiger partial charge is 0.263 e. The molecular formula is C26H26N2O4S. The number of hydrogen-bond donors (Lipinski definition) is 1. The van der Waals surface area contributed by atoms with Crippen molar-refractivity contribution in [2.75, 3.05) is 10.8 Å². The third-order valence-corrected chi connectivity index (χ3v) is 7.96. The maximum Gasteiger partial charge on any atom is 0.263 e. The number of rotatable bonds is 5. The average molecular weight is 463 g/mol. The highest BCUT2D eigenvalue weighted by Crippen LogP contribution is 2.36. The van der Waals surface area contributed by atoms with E-state index in [0.717, 1.165) is 24.8 Å². The van der Waals surface area contributed by atoms with Gasteiger partial charge in [0.2, 0.25) is 10.0 Å². The van der Waals surface area contributed by atoms with E-state index in [-0.39, 0.29) is 24.2 Å². The first-order valence-electron chi connectivity index (χ1n) is 11.2. The number of para-hydroxylation sites is 2. The molecule has 3 aromatic rings. The monoisotopic (exact) mass is 462 g/mol. The summed E-state index contributed by atoms with van der Waals surface area (Å²) in [5.41, 5.74) is 3.53. The van der Waals surface area contributed by atoms with Gasteiger partial charge in [0, 0.05) is 0 Å². The zero-order valence-corrected chi connectivity index (χ0v) is 19.0. The van der Waals surface area contributed by atoms with Crippen molar-refractivity contribution in [2.24, 2.45) is 0 Å². The van der Waals surface area contributed by atoms with Crippen LogP contribution in [0.15, 0.2) is 78.9 Å². The number of benzene rings is 3. The van der Waals surface area contributed by atoms with Gasteiger partial charge in [0.1, 0.15) is 5.75 Å². The van der Waals surface area contributed by atoms with Crippen LogP contribution in [0.3, 0.4) is 0 Å². The number of nitrogens with one attached hydrogen (secondary N) is 1. The third-order valence-electron chi connectivity index (χ3n) is 6.24. The van der Waals surface area contributed by atoms with Gasteiger partial charge in [-0.15, -0.1) is 0 Å². The van der Waals surface area contributed by atoms with E-state index in [1.807, 2.05) is 36.4 Å². The van der Waals surface area contributed by atoms with E-state index < -0.39 is 16.1 Å². The number of anilines is 1. The Morgan fingerprint density at radius 3 is 2.55 bits per heavy atom. The van der Waals surface area contributed by atoms with Gasteiger partial charge in [-0.3, -0.25) is 9.10 Å². The van der Waals surface area contributed by atoms with Crippen LogP contribution < -0.4 is 14.4 Å². The Morgan fingerprint density at radius 2 is 1.70 bits per heavy atom. The van der Waals surface area contributed by atoms with Crippen LogP contribution >= 0.6 is 0 Å². The Kier molecular flexibility index (Phi) is 5.81. The highest BCUT2D eigenvalue weighted by Gasteiger charge is 2.37. The zero-order valence-electron chi connectivity index (χ0n) is 18.2. The fraction of sp³-hybridized carbons (Fsp3) is 0.269. The summed E-state index contributed by atoms with van der Waals surface area (Å²) >= 11 is 0. The molecule has 1 amide bonds. The van der Waals surface area contributed by atoms with Gasteiger partial charge >= 0.3 is 0 Å². The zero-order chi connectivity index (χ0) is 22.8. The van der Waals surface area contributed by atoms with Gasteiger partial charge in [-0.1, -0.05) is 66.7 Å². The van der Waals surface area contributed by atoms with Crippen LogP contribution in [-0.4, -0.2) is 27.0 Å². The SMILES string of the molecule is O=C(N[C@H]1CCCc2ccccc21)[C@@H]1CN(S(=O)(=O)Cc2ccccc2)c2ccccc2O1. The molecule has 7 heteroatoms. The minimum atomic E-state index is -3.72. The lowest BCUT2D eigenvalue weighted by atomic mass is 9.87. The maximum absolute atomic E-state index is 13.4. The maximum atomic E-state index is 13.4. The standard InChI is InChI=1S/C26H26N2O4S/c29-26(27-22-14-8-12-20-11-4-5-13-21(20)22)25-17-28(23-15-6-7-16-24(23)32-25)33(30,31)18-19-9-2-1-3-10-19/h1-7,9-11,13,15-16,22,25H,8,12,14,17-18H2,(H,27,29)/t22-,25-/m0/s1. The highest BCUT2D eigenvalue weighted by molar-refractivity contribution is 7.92. The van der Waals surface area contributed by atoms with Gasteiger partial charge in [0.05, 0.1) is 24.0 Å². The first-order valence-corrected chi connectivity index (χ1v) is 12.8. The van der Waals surface area contributed by atoms with Crippen LogP contribution in [0.4, 0.5) is 5.69 Å². The Morgan fingerprint density at radius 1 is 0.970 bits per heavy atom. The van der Waals surface area contributed by atoms with Gasteiger partial charge in [-0.25, -0.2) is 8.42 Å². The number of aryl methyl sites for hydroxylation is 1. The molecule has 1 heterocycles. The van der Waals surface area contributed by atoms with E-state index in [1.54, 1.807) is 36.4 Å². The molecule has 0 bridgehead atoms. The normalized spacial score (nSPS) is 19.7. The molecule has 2 aliphatic rings. The number of hydrogen-bond acceptors (Lipinski definition) is 4. The van der Waals surface area contributed by atoms with Crippen molar-refractivity contribution >= 4 is 21.6 Å². The molecule has 33 heavy (non-hydrogen) atoms. The van der Waals surface area contributed by atoms with Crippen molar-refractivity contribution in [1.29, 1.82) is 0 Å². The molecular weight excluding hydrogens is 436 g/mol. The van der Waals surface area contributed by atoms with E-state index in [4.69, 9.17) is 4.74 Å². The van der Waals surface area contributed by atoms with Gasteiger partial charge in [-0.05, 0) is 48.1 Å². The lowest BCUT2D eigenvalue weighted by Crippen LogP contribution is -2.51. The molecule has 0 fully saturated rings. The molecule has 0 saturated heterocycles. The van der Waals surface area contributed by atoms with Gasteiger partial charge < -0.3 is 10.1 Å². The predicted octanol–water partition coefficient (Wildman–Crippen LogP) is 3.98. The fourth-order valence-electron chi connectivity index (χ4n) is 4.63. The summed E-state index contributed by atoms with van der Waals surface area (Å²) in [6.45, 7) is -0.0631. The molecule has 0 aromatic heterocycles. The van der Waals surface area contributed by atoms with E-state index in [0.29, 0.717) is 17.0 Å². The summed E-state index contributed by atoms with van der Waals surface area (Å²) in [6, 6.07) is 24.1. The number of ether oxygens (including phenoxy) is 1. The molecule has 0 spiro atoms. The van der Waals surface area contributed by atoms with Gasteiger partial charge in [0.15, 0.2) is 6.10 Å². The summed E-state index contributed by atoms with van der Waals surface area (Å²) in [5.74, 6) is -0.0531. The summed E-state index contributed by atoms with van der Waals surface area (Å²) in [5, 5.41) is 3.11. The molecule has 6 nitrogen and oxygen atoms in total. The second kappa shape index (κ2) is 8.90. The Balaban J connectivity index is 1.39. The molecule has 1 aliphatic carbocycles. The Hall–Kier alpha value is -3.32. The van der Waals surface area contributed by atoms with Crippen LogP contribution in [0.25, 0.3) is 0 Å². The summed E-state index contributed by atoms with van der Waals surface area (Å²) in [4.78, 5) is 13.3. The largest absolute Gasteiger partial charge is 0.476 e. The Labute approximate surface area is 194 Å². The van der Waals surface area contributed by atoms with Crippen LogP contribution in [0, 0.1) is 0 Å². The lowest BCUT2D eigenvalue weighted by molar-refractivity contribution is -0.128. The first-order chi connectivity index (χ1) is 16.0. The van der Waals surface area contributed by atoms with Crippen LogP contribution in [0.5, 0.6) is 5.75 Å². The van der Waals surface area contributed by atoms with E-state index in [1.165, 1.54) is 9.87 Å². The molecule has 3 aromatic carbocycles. The Bertz CT molecular complexity index is 1260. The topological polar surface area (TPSA) is 75.7 Å². The van der Waals surface area contributed by atoms with Gasteiger partial charge in [-0.2, -0.15) is 0 Å². The molecule has 0 radical (unpaired) electrons. The number of carbonyl (C=O) groups is 1. The fourth-order valence-corrected chi connectivity index (χ4v) is 6.22. The molecule has 2 atom stereocenters. The second-order valence-corrected chi connectivity index (χ2v) is 10.4. The van der Waals surface area contributed by atoms with Crippen molar-refractivity contribution in [2.45, 2.75) is 37.2 Å². The summed E-state index contributed by atoms with van der Waals surface area (Å²) in [6.07, 6.45) is 1.91. The molecule has 0 unspecified atom stereocenters. The number of sulfonamides is 1. The van der Waals surface area contributed by atoms with Crippen molar-refractivity contribution in [3.8, 4) is 5.75 Å². The third kappa shape index (κ3) is 4.46. The van der Waals surface area contributed by atoms with E-state index in [9.17, 15) is 13.2 Å². The highest BCUT2D eigenvalue weighted by atomic mass is 32.2. The second-order valence-electron chi connectivity index (χ2n) is 8.50. The summed E-state index contributed by atoms with van der Waals surface area (Å²) < 4.78 is 34.1. The quantitative estimate of drug-likeness (QED) is 0.622. The minimum absolute atomic E-state index is 0.0631. The molecule has 0 saturated carbocycles. The molecule has 170 valence electrons. The van der Waals surface area contributed by atoms with Crippen LogP contribution in [0.2, 0.25) is 0 Å². The summed E-state index contributed by atoms with van der Waals surface area (Å²) in [7, 11) is -3.72. The van der Waals surface area contributed by atoms with Crippen molar-refractivity contribution < 1.29 is 17.9 Å². The molecule has 1 aliphatic heterocycles. The van der Waals surface area contributed by atoms with Crippen LogP contribution in [-0.2, 0) is 27.0 Å².